The lowest BCUT2D eigenvalue weighted by Gasteiger charge is -2.12. The van der Waals surface area contributed by atoms with E-state index < -0.39 is 0 Å². The summed E-state index contributed by atoms with van der Waals surface area (Å²) in [4.78, 5) is 20.3. The normalized spacial score (nSPS) is 11.6. The van der Waals surface area contributed by atoms with E-state index in [2.05, 4.69) is 149 Å². The van der Waals surface area contributed by atoms with E-state index in [4.69, 9.17) is 28.8 Å². The maximum Gasteiger partial charge on any atom is 0.227 e. The van der Waals surface area contributed by atoms with Gasteiger partial charge in [-0.25, -0.2) is 19.9 Å². The highest BCUT2D eigenvalue weighted by molar-refractivity contribution is 5.88. The summed E-state index contributed by atoms with van der Waals surface area (Å²) in [5.74, 6) is 1.33. The number of rotatable bonds is 12. The van der Waals surface area contributed by atoms with Crippen molar-refractivity contribution < 1.29 is 8.83 Å². The van der Waals surface area contributed by atoms with E-state index in [9.17, 15) is 0 Å². The zero-order valence-corrected chi connectivity index (χ0v) is 35.7. The zero-order chi connectivity index (χ0) is 42.2. The summed E-state index contributed by atoms with van der Waals surface area (Å²) in [6, 6.07) is 51.1. The summed E-state index contributed by atoms with van der Waals surface area (Å²) in [6.45, 7) is 8.72. The molecule has 0 aliphatic carbocycles. The molecule has 0 aliphatic heterocycles. The first kappa shape index (κ1) is 39.0. The third-order valence-corrected chi connectivity index (χ3v) is 12.0. The topological polar surface area (TPSA) is 77.8 Å². The average Bonchev–Trinajstić information content (AvgIpc) is 3.99. The predicted molar refractivity (Wildman–Crippen MR) is 254 cm³/mol. The van der Waals surface area contributed by atoms with Crippen LogP contribution in [-0.4, -0.2) is 19.9 Å². The number of nitrogens with zero attached hydrogens (tertiary/aromatic N) is 4. The number of hydrogen-bond donors (Lipinski definition) is 0. The molecule has 10 rings (SSSR count). The monoisotopic (exact) mass is 808 g/mol. The lowest BCUT2D eigenvalue weighted by atomic mass is 9.97. The van der Waals surface area contributed by atoms with Gasteiger partial charge in [-0.2, -0.15) is 0 Å². The Morgan fingerprint density at radius 2 is 0.694 bits per heavy atom. The van der Waals surface area contributed by atoms with Crippen molar-refractivity contribution in [3.63, 3.8) is 0 Å². The molecule has 304 valence electrons. The molecule has 0 fully saturated rings. The minimum Gasteiger partial charge on any atom is -0.436 e. The van der Waals surface area contributed by atoms with Gasteiger partial charge in [0.05, 0.1) is 22.4 Å². The number of oxazole rings is 2. The highest BCUT2D eigenvalue weighted by atomic mass is 16.4. The van der Waals surface area contributed by atoms with Crippen molar-refractivity contribution in [1.82, 2.24) is 19.9 Å². The van der Waals surface area contributed by atoms with E-state index in [0.29, 0.717) is 11.8 Å². The van der Waals surface area contributed by atoms with Gasteiger partial charge >= 0.3 is 0 Å². The molecule has 0 saturated heterocycles. The highest BCUT2D eigenvalue weighted by Gasteiger charge is 2.18. The molecule has 0 amide bonds. The number of aryl methyl sites for hydroxylation is 4. The molecule has 0 atom stereocenters. The number of benzene rings is 7. The zero-order valence-electron chi connectivity index (χ0n) is 35.7. The summed E-state index contributed by atoms with van der Waals surface area (Å²) in [7, 11) is 0. The van der Waals surface area contributed by atoms with E-state index in [1.165, 1.54) is 22.3 Å². The Morgan fingerprint density at radius 3 is 1.15 bits per heavy atom. The molecule has 10 aromatic rings. The molecule has 6 heteroatoms. The molecule has 62 heavy (non-hydrogen) atoms. The maximum atomic E-state index is 6.45. The molecule has 0 radical (unpaired) electrons. The summed E-state index contributed by atoms with van der Waals surface area (Å²) < 4.78 is 12.8. The summed E-state index contributed by atoms with van der Waals surface area (Å²) in [6.07, 6.45) is 5.92. The van der Waals surface area contributed by atoms with Crippen LogP contribution < -0.4 is 0 Å². The maximum absolute atomic E-state index is 6.45. The molecule has 0 aliphatic rings. The van der Waals surface area contributed by atoms with Crippen LogP contribution in [0.25, 0.3) is 101 Å². The second-order valence-electron chi connectivity index (χ2n) is 16.1. The largest absolute Gasteiger partial charge is 0.436 e. The minimum absolute atomic E-state index is 0.656. The average molecular weight is 809 g/mol. The van der Waals surface area contributed by atoms with Gasteiger partial charge < -0.3 is 8.83 Å². The third kappa shape index (κ3) is 7.26. The van der Waals surface area contributed by atoms with Crippen LogP contribution in [0.2, 0.25) is 0 Å². The van der Waals surface area contributed by atoms with Crippen LogP contribution in [0.15, 0.2) is 154 Å². The van der Waals surface area contributed by atoms with Crippen LogP contribution >= 0.6 is 0 Å². The van der Waals surface area contributed by atoms with Gasteiger partial charge in [0.2, 0.25) is 11.8 Å². The molecule has 0 spiro atoms. The van der Waals surface area contributed by atoms with E-state index in [0.717, 1.165) is 128 Å². The highest BCUT2D eigenvalue weighted by Crippen LogP contribution is 2.36. The van der Waals surface area contributed by atoms with Gasteiger partial charge in [-0.3, -0.25) is 0 Å². The predicted octanol–water partition coefficient (Wildman–Crippen LogP) is 14.9. The Labute approximate surface area is 362 Å². The van der Waals surface area contributed by atoms with Crippen LogP contribution in [0.1, 0.15) is 62.8 Å². The smallest absolute Gasteiger partial charge is 0.227 e. The summed E-state index contributed by atoms with van der Waals surface area (Å²) in [5, 5.41) is 0. The van der Waals surface area contributed by atoms with Crippen molar-refractivity contribution in [3.8, 4) is 67.7 Å². The van der Waals surface area contributed by atoms with E-state index in [1.54, 1.807) is 0 Å². The van der Waals surface area contributed by atoms with Gasteiger partial charge in [-0.15, -0.1) is 0 Å². The van der Waals surface area contributed by atoms with Crippen molar-refractivity contribution in [2.45, 2.75) is 66.2 Å². The molecule has 0 N–H and O–H groups in total. The first-order valence-corrected chi connectivity index (χ1v) is 22.0. The van der Waals surface area contributed by atoms with Gasteiger partial charge in [0, 0.05) is 22.3 Å². The van der Waals surface area contributed by atoms with Gasteiger partial charge in [-0.1, -0.05) is 150 Å². The Balaban J connectivity index is 0.917. The van der Waals surface area contributed by atoms with E-state index in [-0.39, 0.29) is 0 Å². The molecule has 0 unspecified atom stereocenters. The van der Waals surface area contributed by atoms with Crippen LogP contribution in [0, 0.1) is 0 Å². The number of fused-ring (bicyclic) bond motifs is 3. The Morgan fingerprint density at radius 1 is 0.339 bits per heavy atom. The van der Waals surface area contributed by atoms with Gasteiger partial charge in [0.25, 0.3) is 0 Å². The van der Waals surface area contributed by atoms with E-state index >= 15 is 0 Å². The van der Waals surface area contributed by atoms with Crippen molar-refractivity contribution in [1.29, 1.82) is 0 Å². The first-order valence-electron chi connectivity index (χ1n) is 22.0. The molecule has 6 nitrogen and oxygen atoms in total. The van der Waals surface area contributed by atoms with Crippen LogP contribution in [0.5, 0.6) is 0 Å². The Bertz CT molecular complexity index is 3110. The molecule has 0 saturated carbocycles. The summed E-state index contributed by atoms with van der Waals surface area (Å²) >= 11 is 0. The van der Waals surface area contributed by atoms with Gasteiger partial charge in [-0.05, 0) is 107 Å². The quantitative estimate of drug-likeness (QED) is 0.122. The van der Waals surface area contributed by atoms with Crippen molar-refractivity contribution in [3.05, 3.63) is 168 Å². The summed E-state index contributed by atoms with van der Waals surface area (Å²) in [5.41, 5.74) is 20.5. The fourth-order valence-corrected chi connectivity index (χ4v) is 8.62. The van der Waals surface area contributed by atoms with Crippen molar-refractivity contribution in [2.24, 2.45) is 0 Å². The van der Waals surface area contributed by atoms with Crippen molar-refractivity contribution >= 4 is 33.2 Å². The SMILES string of the molecule is CCCc1ccc(CCC)c2oc(-c3ccc(-c4ccc(-c5nc6ccccc6nc5-c5ccc(-c6ccc(-c7nc8c(CC)ccc(CC)c8o7)cc6)cc5)cc4)cc3)nc12. The van der Waals surface area contributed by atoms with E-state index in [1.807, 2.05) is 24.3 Å². The van der Waals surface area contributed by atoms with Crippen LogP contribution in [0.3, 0.4) is 0 Å². The van der Waals surface area contributed by atoms with Crippen LogP contribution in [-0.2, 0) is 25.7 Å². The number of hydrogen-bond acceptors (Lipinski definition) is 6. The minimum atomic E-state index is 0.656. The number of para-hydroxylation sites is 2. The lowest BCUT2D eigenvalue weighted by Crippen LogP contribution is -1.95. The van der Waals surface area contributed by atoms with Gasteiger partial charge in [0.15, 0.2) is 11.2 Å². The molecular formula is C56H48N4O2. The lowest BCUT2D eigenvalue weighted by molar-refractivity contribution is 0.614. The Kier molecular flexibility index (Phi) is 10.5. The molecule has 7 aromatic carbocycles. The van der Waals surface area contributed by atoms with Crippen molar-refractivity contribution in [2.75, 3.05) is 0 Å². The first-order chi connectivity index (χ1) is 30.5. The fraction of sp³-hybridized carbons (Fsp3) is 0.179. The molecule has 3 aromatic heterocycles. The van der Waals surface area contributed by atoms with Crippen LogP contribution in [0.4, 0.5) is 0 Å². The third-order valence-electron chi connectivity index (χ3n) is 12.0. The molecular weight excluding hydrogens is 761 g/mol. The second-order valence-corrected chi connectivity index (χ2v) is 16.1. The second kappa shape index (κ2) is 16.7. The van der Waals surface area contributed by atoms with Gasteiger partial charge in [0.1, 0.15) is 11.0 Å². The molecule has 0 bridgehead atoms. The molecule has 3 heterocycles. The fourth-order valence-electron chi connectivity index (χ4n) is 8.62. The Hall–Kier alpha value is -7.18. The number of aromatic nitrogens is 4. The standard InChI is InChI=1S/C56H48N4O2/c1-5-11-41-29-30-44(12-6-2)54-52(41)60-56(62-54)46-33-23-40(24-34-46)38-19-27-43(28-20-38)50-49(57-47-13-9-10-14-48(47)58-50)42-25-17-37(18-26-42)39-21-31-45(32-22-39)55-59-51-35(7-3)15-16-36(8-4)53(51)61-55/h9-10,13-34H,5-8,11-12H2,1-4H3.